The van der Waals surface area contributed by atoms with Crippen molar-refractivity contribution in [3.05, 3.63) is 60.7 Å². The number of halogens is 1. The van der Waals surface area contributed by atoms with Crippen molar-refractivity contribution >= 4 is 10.0 Å². The third-order valence-electron chi connectivity index (χ3n) is 4.42. The molecule has 0 spiro atoms. The van der Waals surface area contributed by atoms with Crippen molar-refractivity contribution in [3.63, 3.8) is 0 Å². The second-order valence-electron chi connectivity index (χ2n) is 6.44. The number of sulfonamides is 1. The maximum Gasteiger partial charge on any atom is 0.262 e. The van der Waals surface area contributed by atoms with Crippen molar-refractivity contribution in [3.8, 4) is 11.3 Å². The highest BCUT2D eigenvalue weighted by molar-refractivity contribution is 7.89. The van der Waals surface area contributed by atoms with Crippen LogP contribution in [0, 0.1) is 5.82 Å². The molecule has 3 heterocycles. The van der Waals surface area contributed by atoms with E-state index >= 15 is 0 Å². The van der Waals surface area contributed by atoms with Crippen molar-refractivity contribution in [2.45, 2.75) is 11.1 Å². The Morgan fingerprint density at radius 1 is 1.29 bits per heavy atom. The molecule has 0 bridgehead atoms. The molecule has 28 heavy (non-hydrogen) atoms. The monoisotopic (exact) mass is 403 g/mol. The summed E-state index contributed by atoms with van der Waals surface area (Å²) >= 11 is 0. The Morgan fingerprint density at radius 3 is 2.89 bits per heavy atom. The molecule has 2 aromatic heterocycles. The maximum absolute atomic E-state index is 13.5. The lowest BCUT2D eigenvalue weighted by Crippen LogP contribution is -2.42. The molecule has 0 amide bonds. The van der Waals surface area contributed by atoms with Gasteiger partial charge in [-0.25, -0.2) is 22.8 Å². The molecule has 0 N–H and O–H groups in total. The smallest absolute Gasteiger partial charge is 0.262 e. The van der Waals surface area contributed by atoms with Crippen LogP contribution in [-0.4, -0.2) is 51.9 Å². The van der Waals surface area contributed by atoms with Gasteiger partial charge in [-0.3, -0.25) is 4.98 Å². The number of benzene rings is 1. The number of ether oxygens (including phenoxy) is 1. The van der Waals surface area contributed by atoms with Gasteiger partial charge in [-0.2, -0.15) is 4.31 Å². The normalized spacial score (nSPS) is 18.3. The van der Waals surface area contributed by atoms with Crippen LogP contribution in [0.2, 0.25) is 0 Å². The average molecular weight is 403 g/mol. The van der Waals surface area contributed by atoms with Crippen molar-refractivity contribution in [1.82, 2.24) is 23.8 Å². The Balaban J connectivity index is 1.59. The molecular weight excluding hydrogens is 385 g/mol. The van der Waals surface area contributed by atoms with Gasteiger partial charge in [-0.05, 0) is 12.1 Å². The second-order valence-corrected chi connectivity index (χ2v) is 8.32. The molecular formula is C18H18FN5O3S. The minimum absolute atomic E-state index is 0.00440. The summed E-state index contributed by atoms with van der Waals surface area (Å²) in [5.41, 5.74) is 1.57. The number of aromatic nitrogens is 4. The largest absolute Gasteiger partial charge is 0.369 e. The van der Waals surface area contributed by atoms with Gasteiger partial charge >= 0.3 is 0 Å². The standard InChI is InChI=1S/C18H18FN5O3S/c1-23-11-18(21-12-23)28(25,26)24-5-6-27-17(10-24)16-9-20-8-15(22-16)13-3-2-4-14(19)7-13/h2-4,7-9,11-12,17H,5-6,10H2,1H3/t17-/m1/s1. The molecule has 146 valence electrons. The van der Waals surface area contributed by atoms with Gasteiger partial charge in [0.15, 0.2) is 5.03 Å². The molecule has 0 unspecified atom stereocenters. The third kappa shape index (κ3) is 3.66. The van der Waals surface area contributed by atoms with Crippen molar-refractivity contribution in [2.75, 3.05) is 19.7 Å². The molecule has 8 nitrogen and oxygen atoms in total. The van der Waals surface area contributed by atoms with Crippen LogP contribution in [0.5, 0.6) is 0 Å². The fourth-order valence-corrected chi connectivity index (χ4v) is 4.39. The van der Waals surface area contributed by atoms with E-state index in [-0.39, 0.29) is 30.5 Å². The molecule has 1 aliphatic heterocycles. The third-order valence-corrected chi connectivity index (χ3v) is 6.17. The summed E-state index contributed by atoms with van der Waals surface area (Å²) in [6, 6.07) is 6.05. The van der Waals surface area contributed by atoms with Gasteiger partial charge < -0.3 is 9.30 Å². The zero-order chi connectivity index (χ0) is 19.7. The van der Waals surface area contributed by atoms with Crippen molar-refractivity contribution < 1.29 is 17.5 Å². The first-order chi connectivity index (χ1) is 13.4. The van der Waals surface area contributed by atoms with E-state index in [1.807, 2.05) is 0 Å². The van der Waals surface area contributed by atoms with Crippen molar-refractivity contribution in [2.24, 2.45) is 7.05 Å². The van der Waals surface area contributed by atoms with Gasteiger partial charge in [0.05, 0.1) is 36.7 Å². The van der Waals surface area contributed by atoms with Crippen molar-refractivity contribution in [1.29, 1.82) is 0 Å². The highest BCUT2D eigenvalue weighted by atomic mass is 32.2. The van der Waals surface area contributed by atoms with Gasteiger partial charge in [0.2, 0.25) is 0 Å². The first-order valence-electron chi connectivity index (χ1n) is 8.61. The van der Waals surface area contributed by atoms with E-state index in [2.05, 4.69) is 15.0 Å². The molecule has 0 saturated carbocycles. The summed E-state index contributed by atoms with van der Waals surface area (Å²) in [6.45, 7) is 0.551. The Morgan fingerprint density at radius 2 is 2.14 bits per heavy atom. The van der Waals surface area contributed by atoms with Crippen LogP contribution in [0.4, 0.5) is 4.39 Å². The van der Waals surface area contributed by atoms with E-state index in [0.717, 1.165) is 0 Å². The van der Waals surface area contributed by atoms with E-state index < -0.39 is 16.1 Å². The van der Waals surface area contributed by atoms with Gasteiger partial charge in [-0.1, -0.05) is 12.1 Å². The van der Waals surface area contributed by atoms with Crippen LogP contribution in [-0.2, 0) is 21.8 Å². The number of morpholine rings is 1. The van der Waals surface area contributed by atoms with E-state index in [1.54, 1.807) is 23.7 Å². The fourth-order valence-electron chi connectivity index (χ4n) is 3.00. The van der Waals surface area contributed by atoms with E-state index in [4.69, 9.17) is 4.74 Å². The van der Waals surface area contributed by atoms with Crippen LogP contribution in [0.3, 0.4) is 0 Å². The molecule has 1 aromatic carbocycles. The molecule has 1 atom stereocenters. The first kappa shape index (κ1) is 18.7. The number of hydrogen-bond donors (Lipinski definition) is 0. The predicted molar refractivity (Wildman–Crippen MR) is 98.1 cm³/mol. The molecule has 1 fully saturated rings. The lowest BCUT2D eigenvalue weighted by atomic mass is 10.1. The quantitative estimate of drug-likeness (QED) is 0.660. The number of hydrogen-bond acceptors (Lipinski definition) is 6. The molecule has 0 radical (unpaired) electrons. The number of rotatable bonds is 4. The van der Waals surface area contributed by atoms with E-state index in [0.29, 0.717) is 17.0 Å². The van der Waals surface area contributed by atoms with Crippen LogP contribution < -0.4 is 0 Å². The number of imidazole rings is 1. The second kappa shape index (κ2) is 7.38. The summed E-state index contributed by atoms with van der Waals surface area (Å²) < 4.78 is 47.8. The summed E-state index contributed by atoms with van der Waals surface area (Å²) in [7, 11) is -2.02. The molecule has 4 rings (SSSR count). The molecule has 0 aliphatic carbocycles. The predicted octanol–water partition coefficient (Wildman–Crippen LogP) is 1.78. The lowest BCUT2D eigenvalue weighted by Gasteiger charge is -2.31. The van der Waals surface area contributed by atoms with Gasteiger partial charge in [0.1, 0.15) is 11.9 Å². The average Bonchev–Trinajstić information content (AvgIpc) is 3.15. The molecule has 3 aromatic rings. The zero-order valence-electron chi connectivity index (χ0n) is 15.1. The summed E-state index contributed by atoms with van der Waals surface area (Å²) in [6.07, 6.45) is 5.39. The molecule has 1 saturated heterocycles. The van der Waals surface area contributed by atoms with Crippen LogP contribution in [0.25, 0.3) is 11.3 Å². The first-order valence-corrected chi connectivity index (χ1v) is 10.0. The fraction of sp³-hybridized carbons (Fsp3) is 0.278. The van der Waals surface area contributed by atoms with Crippen LogP contribution >= 0.6 is 0 Å². The van der Waals surface area contributed by atoms with Gasteiger partial charge in [0, 0.05) is 31.9 Å². The highest BCUT2D eigenvalue weighted by Crippen LogP contribution is 2.26. The Labute approximate surface area is 161 Å². The van der Waals surface area contributed by atoms with Crippen LogP contribution in [0.15, 0.2) is 54.2 Å². The minimum atomic E-state index is -3.73. The van der Waals surface area contributed by atoms with Crippen LogP contribution in [0.1, 0.15) is 11.8 Å². The van der Waals surface area contributed by atoms with Gasteiger partial charge in [-0.15, -0.1) is 0 Å². The van der Waals surface area contributed by atoms with E-state index in [1.165, 1.54) is 41.4 Å². The maximum atomic E-state index is 13.5. The highest BCUT2D eigenvalue weighted by Gasteiger charge is 2.33. The zero-order valence-corrected chi connectivity index (χ0v) is 15.9. The Kier molecular flexibility index (Phi) is 4.92. The lowest BCUT2D eigenvalue weighted by molar-refractivity contribution is -0.00514. The molecule has 1 aliphatic rings. The molecule has 10 heteroatoms. The SMILES string of the molecule is Cn1cnc(S(=O)(=O)N2CCO[C@@H](c3cncc(-c4cccc(F)c4)n3)C2)c1. The Hall–Kier alpha value is -2.69. The summed E-state index contributed by atoms with van der Waals surface area (Å²) in [5.74, 6) is -0.369. The minimum Gasteiger partial charge on any atom is -0.369 e. The number of nitrogens with zero attached hydrogens (tertiary/aromatic N) is 5. The topological polar surface area (TPSA) is 90.2 Å². The van der Waals surface area contributed by atoms with Gasteiger partial charge in [0.25, 0.3) is 10.0 Å². The number of aryl methyl sites for hydroxylation is 1. The summed E-state index contributed by atoms with van der Waals surface area (Å²) in [4.78, 5) is 12.6. The summed E-state index contributed by atoms with van der Waals surface area (Å²) in [5, 5.41) is -0.00440. The van der Waals surface area contributed by atoms with E-state index in [9.17, 15) is 12.8 Å². The Bertz CT molecular complexity index is 1100.